The molecule has 2 heteroatoms. The summed E-state index contributed by atoms with van der Waals surface area (Å²) in [6.07, 6.45) is 4.32. The summed E-state index contributed by atoms with van der Waals surface area (Å²) in [4.78, 5) is 10.3. The first-order chi connectivity index (χ1) is 4.68. The molecule has 0 aromatic rings. The number of hydrogen-bond acceptors (Lipinski definition) is 2. The van der Waals surface area contributed by atoms with Crippen LogP contribution in [-0.4, -0.2) is 5.54 Å². The highest BCUT2D eigenvalue weighted by Gasteiger charge is 2.20. The zero-order valence-electron chi connectivity index (χ0n) is 6.76. The molecule has 10 heavy (non-hydrogen) atoms. The summed E-state index contributed by atoms with van der Waals surface area (Å²) < 4.78 is 0. The summed E-state index contributed by atoms with van der Waals surface area (Å²) in [5.74, 6) is 0. The lowest BCUT2D eigenvalue weighted by Gasteiger charge is -2.17. The maximum Gasteiger partial charge on any atom is 0.0999 e. The molecule has 0 aliphatic rings. The normalized spacial score (nSPS) is 15.8. The van der Waals surface area contributed by atoms with Crippen molar-refractivity contribution in [3.63, 3.8) is 0 Å². The van der Waals surface area contributed by atoms with Crippen LogP contribution in [0.2, 0.25) is 0 Å². The van der Waals surface area contributed by atoms with Gasteiger partial charge in [0.25, 0.3) is 0 Å². The smallest absolute Gasteiger partial charge is 0.0999 e. The Morgan fingerprint density at radius 2 is 2.30 bits per heavy atom. The second-order valence-electron chi connectivity index (χ2n) is 2.77. The Balaban J connectivity index is 3.79. The summed E-state index contributed by atoms with van der Waals surface area (Å²) >= 11 is 0. The number of rotatable bonds is 5. The third-order valence-electron chi connectivity index (χ3n) is 1.87. The van der Waals surface area contributed by atoms with Gasteiger partial charge in [0.1, 0.15) is 0 Å². The number of nitrogens with zero attached hydrogens (tertiary/aromatic N) is 1. The van der Waals surface area contributed by atoms with E-state index in [4.69, 9.17) is 0 Å². The van der Waals surface area contributed by atoms with E-state index in [0.717, 1.165) is 19.3 Å². The van der Waals surface area contributed by atoms with Crippen molar-refractivity contribution in [3.05, 3.63) is 17.6 Å². The minimum absolute atomic E-state index is 0.367. The lowest BCUT2D eigenvalue weighted by Crippen LogP contribution is -2.18. The molecule has 0 saturated carbocycles. The Bertz CT molecular complexity index is 122. The first kappa shape index (κ1) is 9.34. The van der Waals surface area contributed by atoms with E-state index in [1.54, 1.807) is 0 Å². The van der Waals surface area contributed by atoms with Crippen molar-refractivity contribution >= 4 is 0 Å². The van der Waals surface area contributed by atoms with Crippen molar-refractivity contribution in [1.82, 2.24) is 0 Å². The quantitative estimate of drug-likeness (QED) is 0.427. The predicted octanol–water partition coefficient (Wildman–Crippen LogP) is 2.89. The molecule has 58 valence electrons. The Morgan fingerprint density at radius 3 is 2.60 bits per heavy atom. The van der Waals surface area contributed by atoms with Crippen molar-refractivity contribution in [2.24, 2.45) is 5.18 Å². The third kappa shape index (κ3) is 2.76. The van der Waals surface area contributed by atoms with Gasteiger partial charge in [0.05, 0.1) is 5.54 Å². The summed E-state index contributed by atoms with van der Waals surface area (Å²) in [5, 5.41) is 3.08. The molecule has 0 amide bonds. The highest BCUT2D eigenvalue weighted by Crippen LogP contribution is 2.20. The van der Waals surface area contributed by atoms with Crippen LogP contribution in [0.1, 0.15) is 33.1 Å². The van der Waals surface area contributed by atoms with E-state index in [1.807, 2.05) is 19.9 Å². The first-order valence-corrected chi connectivity index (χ1v) is 3.64. The van der Waals surface area contributed by atoms with Gasteiger partial charge >= 0.3 is 0 Å². The molecule has 0 heterocycles. The highest BCUT2D eigenvalue weighted by molar-refractivity contribution is 4.83. The van der Waals surface area contributed by atoms with Crippen molar-refractivity contribution in [2.75, 3.05) is 0 Å². The van der Waals surface area contributed by atoms with Gasteiger partial charge in [-0.05, 0) is 26.2 Å². The molecule has 0 fully saturated rings. The average Bonchev–Trinajstić information content (AvgIpc) is 2.00. The molecule has 0 aromatic carbocycles. The van der Waals surface area contributed by atoms with Crippen LogP contribution in [0.15, 0.2) is 17.8 Å². The molecular weight excluding hydrogens is 126 g/mol. The molecule has 0 aromatic heterocycles. The van der Waals surface area contributed by atoms with E-state index in [1.165, 1.54) is 0 Å². The fraction of sp³-hybridized carbons (Fsp3) is 0.750. The molecule has 0 bridgehead atoms. The SMILES string of the molecule is C=CCCC(C)(CC)N=O. The van der Waals surface area contributed by atoms with Crippen LogP contribution < -0.4 is 0 Å². The van der Waals surface area contributed by atoms with Gasteiger partial charge < -0.3 is 0 Å². The Kier molecular flexibility index (Phi) is 3.93. The first-order valence-electron chi connectivity index (χ1n) is 3.64. The Morgan fingerprint density at radius 1 is 1.70 bits per heavy atom. The van der Waals surface area contributed by atoms with E-state index in [0.29, 0.717) is 0 Å². The van der Waals surface area contributed by atoms with Gasteiger partial charge in [0, 0.05) is 0 Å². The van der Waals surface area contributed by atoms with Crippen LogP contribution in [0.5, 0.6) is 0 Å². The second kappa shape index (κ2) is 4.20. The van der Waals surface area contributed by atoms with Crippen LogP contribution in [0.3, 0.4) is 0 Å². The molecule has 0 aliphatic heterocycles. The van der Waals surface area contributed by atoms with Gasteiger partial charge in [-0.3, -0.25) is 0 Å². The minimum Gasteiger partial charge on any atom is -0.150 e. The highest BCUT2D eigenvalue weighted by atomic mass is 16.3. The van der Waals surface area contributed by atoms with Gasteiger partial charge in [0.2, 0.25) is 0 Å². The standard InChI is InChI=1S/C8H15NO/c1-4-6-7-8(3,5-2)9-10/h4H,1,5-7H2,2-3H3. The molecule has 0 spiro atoms. The average molecular weight is 141 g/mol. The molecular formula is C8H15NO. The van der Waals surface area contributed by atoms with Crippen LogP contribution in [0.25, 0.3) is 0 Å². The molecule has 0 saturated heterocycles. The van der Waals surface area contributed by atoms with Crippen molar-refractivity contribution in [2.45, 2.75) is 38.6 Å². The molecule has 1 unspecified atom stereocenters. The van der Waals surface area contributed by atoms with Crippen LogP contribution in [0, 0.1) is 4.91 Å². The number of hydrogen-bond donors (Lipinski definition) is 0. The predicted molar refractivity (Wildman–Crippen MR) is 43.9 cm³/mol. The summed E-state index contributed by atoms with van der Waals surface area (Å²) in [7, 11) is 0. The van der Waals surface area contributed by atoms with E-state index < -0.39 is 0 Å². The Hall–Kier alpha value is -0.660. The van der Waals surface area contributed by atoms with Crippen LogP contribution in [-0.2, 0) is 0 Å². The van der Waals surface area contributed by atoms with Crippen LogP contribution >= 0.6 is 0 Å². The van der Waals surface area contributed by atoms with Crippen molar-refractivity contribution in [1.29, 1.82) is 0 Å². The van der Waals surface area contributed by atoms with E-state index in [9.17, 15) is 4.91 Å². The Labute approximate surface area is 62.3 Å². The van der Waals surface area contributed by atoms with Crippen LogP contribution in [0.4, 0.5) is 0 Å². The largest absolute Gasteiger partial charge is 0.150 e. The summed E-state index contributed by atoms with van der Waals surface area (Å²) in [6.45, 7) is 7.44. The third-order valence-corrected chi connectivity index (χ3v) is 1.87. The number of allylic oxidation sites excluding steroid dienone is 1. The van der Waals surface area contributed by atoms with E-state index in [-0.39, 0.29) is 5.54 Å². The van der Waals surface area contributed by atoms with Crippen molar-refractivity contribution < 1.29 is 0 Å². The lowest BCUT2D eigenvalue weighted by atomic mass is 9.94. The topological polar surface area (TPSA) is 29.4 Å². The van der Waals surface area contributed by atoms with Gasteiger partial charge in [-0.1, -0.05) is 18.2 Å². The number of nitroso groups, excluding NO2 is 1. The monoisotopic (exact) mass is 141 g/mol. The zero-order chi connectivity index (χ0) is 8.04. The molecule has 2 nitrogen and oxygen atoms in total. The van der Waals surface area contributed by atoms with E-state index >= 15 is 0 Å². The molecule has 0 aliphatic carbocycles. The zero-order valence-corrected chi connectivity index (χ0v) is 6.76. The second-order valence-corrected chi connectivity index (χ2v) is 2.77. The summed E-state index contributed by atoms with van der Waals surface area (Å²) in [6, 6.07) is 0. The molecule has 0 rings (SSSR count). The van der Waals surface area contributed by atoms with Gasteiger partial charge in [-0.15, -0.1) is 6.58 Å². The van der Waals surface area contributed by atoms with Gasteiger partial charge in [0.15, 0.2) is 0 Å². The molecule has 0 N–H and O–H groups in total. The van der Waals surface area contributed by atoms with E-state index in [2.05, 4.69) is 11.8 Å². The van der Waals surface area contributed by atoms with Gasteiger partial charge in [-0.25, -0.2) is 0 Å². The lowest BCUT2D eigenvalue weighted by molar-refractivity contribution is 0.421. The maximum atomic E-state index is 10.3. The van der Waals surface area contributed by atoms with Gasteiger partial charge in [-0.2, -0.15) is 4.91 Å². The summed E-state index contributed by atoms with van der Waals surface area (Å²) in [5.41, 5.74) is -0.367. The fourth-order valence-corrected chi connectivity index (χ4v) is 0.700. The van der Waals surface area contributed by atoms with Crippen molar-refractivity contribution in [3.8, 4) is 0 Å². The molecule has 1 atom stereocenters. The fourth-order valence-electron chi connectivity index (χ4n) is 0.700. The minimum atomic E-state index is -0.367. The molecule has 0 radical (unpaired) electrons. The maximum absolute atomic E-state index is 10.3.